The Morgan fingerprint density at radius 1 is 0.683 bits per heavy atom. The first-order valence-corrected chi connectivity index (χ1v) is 22.6. The molecule has 334 valence electrons. The summed E-state index contributed by atoms with van der Waals surface area (Å²) in [7, 11) is 0. The predicted molar refractivity (Wildman–Crippen MR) is 246 cm³/mol. The zero-order valence-corrected chi connectivity index (χ0v) is 39.3. The van der Waals surface area contributed by atoms with Crippen LogP contribution in [0.15, 0.2) is 72.8 Å². The van der Waals surface area contributed by atoms with Crippen LogP contribution in [0.25, 0.3) is 0 Å². The lowest BCUT2D eigenvalue weighted by Crippen LogP contribution is -2.69. The van der Waals surface area contributed by atoms with Crippen molar-refractivity contribution in [3.05, 3.63) is 95.1 Å². The van der Waals surface area contributed by atoms with Gasteiger partial charge in [0, 0.05) is 40.4 Å². The molecule has 0 aromatic heterocycles. The van der Waals surface area contributed by atoms with Crippen molar-refractivity contribution in [2.75, 3.05) is 13.2 Å². The van der Waals surface area contributed by atoms with Crippen molar-refractivity contribution >= 4 is 11.9 Å². The summed E-state index contributed by atoms with van der Waals surface area (Å²) in [6, 6.07) is 17.1. The van der Waals surface area contributed by atoms with Crippen LogP contribution in [-0.4, -0.2) is 57.5 Å². The molecule has 2 aliphatic heterocycles. The highest BCUT2D eigenvalue weighted by atomic mass is 16.5. The van der Waals surface area contributed by atoms with Gasteiger partial charge in [-0.25, -0.2) is 0 Å². The number of carbonyl (C=O) groups is 2. The largest absolute Gasteiger partial charge is 0.481 e. The molecule has 2 aliphatic rings. The number of hydrogen-bond acceptors (Lipinski definition) is 6. The molecule has 0 amide bonds. The number of benzene rings is 2. The van der Waals surface area contributed by atoms with Crippen molar-refractivity contribution in [1.29, 1.82) is 0 Å². The topological polar surface area (TPSA) is 117 Å². The molecular formula is C52H80N2O6. The van der Waals surface area contributed by atoms with E-state index in [0.29, 0.717) is 38.9 Å². The summed E-state index contributed by atoms with van der Waals surface area (Å²) >= 11 is 0. The van der Waals surface area contributed by atoms with Gasteiger partial charge in [-0.1, -0.05) is 98.5 Å². The fourth-order valence-corrected chi connectivity index (χ4v) is 11.8. The minimum absolute atomic E-state index is 0.155. The van der Waals surface area contributed by atoms with Gasteiger partial charge < -0.3 is 30.3 Å². The van der Waals surface area contributed by atoms with Gasteiger partial charge in [0.15, 0.2) is 0 Å². The molecule has 6 unspecified atom stereocenters. The first-order chi connectivity index (χ1) is 27.8. The van der Waals surface area contributed by atoms with Gasteiger partial charge in [-0.05, 0) is 143 Å². The summed E-state index contributed by atoms with van der Waals surface area (Å²) in [6.45, 7) is 35.2. The predicted octanol–water partition coefficient (Wildman–Crippen LogP) is 12.1. The number of ether oxygens (including phenoxy) is 2. The first-order valence-electron chi connectivity index (χ1n) is 22.6. The van der Waals surface area contributed by atoms with E-state index in [0.717, 1.165) is 59.1 Å². The van der Waals surface area contributed by atoms with Crippen LogP contribution < -0.4 is 10.6 Å². The van der Waals surface area contributed by atoms with Crippen molar-refractivity contribution in [2.45, 2.75) is 187 Å². The number of hydrogen-bond donors (Lipinski definition) is 4. The summed E-state index contributed by atoms with van der Waals surface area (Å²) in [4.78, 5) is 26.6. The van der Waals surface area contributed by atoms with Crippen LogP contribution in [0.3, 0.4) is 0 Å². The van der Waals surface area contributed by atoms with Gasteiger partial charge in [0.05, 0.1) is 30.8 Å². The van der Waals surface area contributed by atoms with E-state index in [1.165, 1.54) is 0 Å². The molecule has 2 aromatic rings. The normalized spacial score (nSPS) is 25.1. The zero-order chi connectivity index (χ0) is 44.8. The molecule has 2 saturated heterocycles. The minimum Gasteiger partial charge on any atom is -0.481 e. The molecule has 60 heavy (non-hydrogen) atoms. The van der Waals surface area contributed by atoms with Crippen LogP contribution in [0, 0.1) is 17.3 Å². The quantitative estimate of drug-likeness (QED) is 0.0726. The lowest BCUT2D eigenvalue weighted by molar-refractivity contribution is -0.170. The maximum atomic E-state index is 15.3. The van der Waals surface area contributed by atoms with E-state index >= 15 is 4.79 Å². The second-order valence-corrected chi connectivity index (χ2v) is 21.1. The lowest BCUT2D eigenvalue weighted by Gasteiger charge is -2.63. The molecule has 2 aromatic carbocycles. The van der Waals surface area contributed by atoms with E-state index in [1.807, 2.05) is 13.8 Å². The van der Waals surface area contributed by atoms with Crippen molar-refractivity contribution in [1.82, 2.24) is 10.6 Å². The van der Waals surface area contributed by atoms with Crippen molar-refractivity contribution in [2.24, 2.45) is 17.3 Å². The van der Waals surface area contributed by atoms with E-state index in [9.17, 15) is 15.0 Å². The van der Waals surface area contributed by atoms with Crippen LogP contribution in [0.2, 0.25) is 0 Å². The second-order valence-electron chi connectivity index (χ2n) is 21.1. The Morgan fingerprint density at radius 2 is 1.07 bits per heavy atom. The molecule has 4 rings (SSSR count). The highest BCUT2D eigenvalue weighted by Gasteiger charge is 2.64. The molecule has 8 nitrogen and oxygen atoms in total. The van der Waals surface area contributed by atoms with E-state index in [-0.39, 0.29) is 53.4 Å². The van der Waals surface area contributed by atoms with Gasteiger partial charge in [0.2, 0.25) is 0 Å². The SMILES string of the molecule is C=C(C)COC(C)c1ccccc1C1C(C(CCCCCCCC(=O)O)(C(=O)O)C2CC(C)(C)NC(C)(C)C2c2ccccc2C(C)OCC(=C)C)CC(C)(C)NC1(C)C. The highest BCUT2D eigenvalue weighted by molar-refractivity contribution is 5.76. The average molecular weight is 829 g/mol. The zero-order valence-electron chi connectivity index (χ0n) is 39.3. The van der Waals surface area contributed by atoms with E-state index in [1.54, 1.807) is 0 Å². The standard InChI is InChI=1S/C52H80N2O6/c1-34(2)32-59-36(5)38-24-19-21-26-40(38)45-42(30-48(7,8)53-50(45,11)12)52(47(57)58,29-23-17-15-16-18-28-44(55)56)43-31-49(9,10)54-51(13,14)46(43)41-27-22-20-25-39(41)37(6)60-33-35(3)4/h19-22,24-27,36-37,42-43,45-46,53-54H,1,3,15-18,23,28-33H2,2,4-14H3,(H,55,56)(H,57,58). The second kappa shape index (κ2) is 19.8. The Bertz CT molecular complexity index is 1700. The van der Waals surface area contributed by atoms with Gasteiger partial charge in [0.1, 0.15) is 0 Å². The third-order valence-electron chi connectivity index (χ3n) is 13.5. The van der Waals surface area contributed by atoms with Crippen molar-refractivity contribution in [3.8, 4) is 0 Å². The van der Waals surface area contributed by atoms with Crippen LogP contribution in [0.5, 0.6) is 0 Å². The number of unbranched alkanes of at least 4 members (excludes halogenated alkanes) is 4. The van der Waals surface area contributed by atoms with Gasteiger partial charge in [-0.2, -0.15) is 0 Å². The molecule has 2 heterocycles. The number of nitrogens with one attached hydrogen (secondary N) is 2. The number of carboxylic acid groups (broad SMARTS) is 2. The van der Waals surface area contributed by atoms with Crippen LogP contribution in [0.4, 0.5) is 0 Å². The third kappa shape index (κ3) is 11.8. The summed E-state index contributed by atoms with van der Waals surface area (Å²) in [5, 5.41) is 29.9. The maximum Gasteiger partial charge on any atom is 0.310 e. The molecule has 8 heteroatoms. The molecule has 0 bridgehead atoms. The Morgan fingerprint density at radius 3 is 1.45 bits per heavy atom. The Balaban J connectivity index is 2.05. The fourth-order valence-electron chi connectivity index (χ4n) is 11.8. The molecular weight excluding hydrogens is 749 g/mol. The fraction of sp³-hybridized carbons (Fsp3) is 0.654. The van der Waals surface area contributed by atoms with E-state index in [2.05, 4.69) is 142 Å². The molecule has 0 radical (unpaired) electrons. The van der Waals surface area contributed by atoms with Gasteiger partial charge in [-0.3, -0.25) is 9.59 Å². The van der Waals surface area contributed by atoms with E-state index in [4.69, 9.17) is 9.47 Å². The summed E-state index contributed by atoms with van der Waals surface area (Å²) in [5.74, 6) is -2.41. The third-order valence-corrected chi connectivity index (χ3v) is 13.5. The Kier molecular flexibility index (Phi) is 16.3. The number of aliphatic carboxylic acids is 2. The average Bonchev–Trinajstić information content (AvgIpc) is 3.11. The molecule has 0 aliphatic carbocycles. The van der Waals surface area contributed by atoms with Gasteiger partial charge in [-0.15, -0.1) is 0 Å². The van der Waals surface area contributed by atoms with Crippen LogP contribution in [-0.2, 0) is 19.1 Å². The van der Waals surface area contributed by atoms with Crippen molar-refractivity contribution in [3.63, 3.8) is 0 Å². The summed E-state index contributed by atoms with van der Waals surface area (Å²) < 4.78 is 12.9. The van der Waals surface area contributed by atoms with Crippen LogP contribution >= 0.6 is 0 Å². The van der Waals surface area contributed by atoms with Gasteiger partial charge in [0.25, 0.3) is 0 Å². The summed E-state index contributed by atoms with van der Waals surface area (Å²) in [5.41, 5.74) is 3.44. The van der Waals surface area contributed by atoms with Crippen molar-refractivity contribution < 1.29 is 29.3 Å². The Hall–Kier alpha value is -3.30. The molecule has 2 fully saturated rings. The first kappa shape index (κ1) is 49.4. The summed E-state index contributed by atoms with van der Waals surface area (Å²) in [6.07, 6.45) is 5.40. The molecule has 0 spiro atoms. The number of piperidine rings is 2. The lowest BCUT2D eigenvalue weighted by atomic mass is 9.46. The molecule has 0 saturated carbocycles. The highest BCUT2D eigenvalue weighted by Crippen LogP contribution is 2.63. The number of rotatable bonds is 21. The molecule has 6 atom stereocenters. The monoisotopic (exact) mass is 829 g/mol. The minimum atomic E-state index is -1.17. The smallest absolute Gasteiger partial charge is 0.310 e. The molecule has 4 N–H and O–H groups in total. The number of carboxylic acids is 2. The Labute approximate surface area is 363 Å². The van der Waals surface area contributed by atoms with Crippen LogP contribution in [0.1, 0.15) is 187 Å². The maximum absolute atomic E-state index is 15.3. The van der Waals surface area contributed by atoms with E-state index < -0.39 is 28.4 Å². The van der Waals surface area contributed by atoms with Gasteiger partial charge >= 0.3 is 11.9 Å².